The SMILES string of the molecule is Cc1ccc(CNC(=O)c2ccc3nc(C)c(C)nc3c2)o1. The third kappa shape index (κ3) is 2.83. The van der Waals surface area contributed by atoms with Crippen LogP contribution in [0.3, 0.4) is 0 Å². The van der Waals surface area contributed by atoms with Crippen molar-refractivity contribution in [1.82, 2.24) is 15.3 Å². The van der Waals surface area contributed by atoms with Gasteiger partial charge in [-0.25, -0.2) is 9.97 Å². The monoisotopic (exact) mass is 295 g/mol. The van der Waals surface area contributed by atoms with Gasteiger partial charge in [0.2, 0.25) is 0 Å². The van der Waals surface area contributed by atoms with Crippen LogP contribution in [0.4, 0.5) is 0 Å². The third-order valence-electron chi connectivity index (χ3n) is 3.56. The van der Waals surface area contributed by atoms with E-state index in [9.17, 15) is 4.79 Å². The molecule has 2 aromatic heterocycles. The maximum Gasteiger partial charge on any atom is 0.251 e. The fourth-order valence-corrected chi connectivity index (χ4v) is 2.22. The Hall–Kier alpha value is -2.69. The van der Waals surface area contributed by atoms with Crippen molar-refractivity contribution in [3.8, 4) is 0 Å². The van der Waals surface area contributed by atoms with Crippen molar-refractivity contribution in [2.75, 3.05) is 0 Å². The molecule has 0 aliphatic carbocycles. The molecule has 0 atom stereocenters. The van der Waals surface area contributed by atoms with E-state index in [1.165, 1.54) is 0 Å². The molecule has 0 radical (unpaired) electrons. The standard InChI is InChI=1S/C17H17N3O2/c1-10-4-6-14(22-10)9-18-17(21)13-5-7-15-16(8-13)20-12(3)11(2)19-15/h4-8H,9H2,1-3H3,(H,18,21). The lowest BCUT2D eigenvalue weighted by Crippen LogP contribution is -2.22. The summed E-state index contributed by atoms with van der Waals surface area (Å²) in [5.74, 6) is 1.41. The van der Waals surface area contributed by atoms with Crippen LogP contribution in [0.5, 0.6) is 0 Å². The molecule has 1 amide bonds. The van der Waals surface area contributed by atoms with Crippen LogP contribution in [0, 0.1) is 20.8 Å². The van der Waals surface area contributed by atoms with E-state index in [1.807, 2.05) is 39.0 Å². The van der Waals surface area contributed by atoms with E-state index in [2.05, 4.69) is 15.3 Å². The minimum atomic E-state index is -0.156. The van der Waals surface area contributed by atoms with Gasteiger partial charge in [0.1, 0.15) is 11.5 Å². The average molecular weight is 295 g/mol. The molecule has 1 N–H and O–H groups in total. The van der Waals surface area contributed by atoms with Crippen LogP contribution >= 0.6 is 0 Å². The van der Waals surface area contributed by atoms with Crippen LogP contribution in [0.1, 0.15) is 33.3 Å². The number of benzene rings is 1. The number of aryl methyl sites for hydroxylation is 3. The molecular formula is C17H17N3O2. The first-order valence-corrected chi connectivity index (χ1v) is 7.11. The Labute approximate surface area is 128 Å². The van der Waals surface area contributed by atoms with Gasteiger partial charge in [-0.3, -0.25) is 4.79 Å². The summed E-state index contributed by atoms with van der Waals surface area (Å²) in [5.41, 5.74) is 3.85. The molecule has 3 aromatic rings. The van der Waals surface area contributed by atoms with Gasteiger partial charge in [-0.05, 0) is 51.1 Å². The quantitative estimate of drug-likeness (QED) is 0.806. The van der Waals surface area contributed by atoms with Crippen LogP contribution < -0.4 is 5.32 Å². The fourth-order valence-electron chi connectivity index (χ4n) is 2.22. The second kappa shape index (κ2) is 5.60. The molecule has 5 nitrogen and oxygen atoms in total. The van der Waals surface area contributed by atoms with E-state index in [4.69, 9.17) is 4.42 Å². The van der Waals surface area contributed by atoms with Gasteiger partial charge >= 0.3 is 0 Å². The van der Waals surface area contributed by atoms with Gasteiger partial charge in [-0.15, -0.1) is 0 Å². The van der Waals surface area contributed by atoms with Gasteiger partial charge in [0, 0.05) is 5.56 Å². The van der Waals surface area contributed by atoms with Crippen molar-refractivity contribution in [3.63, 3.8) is 0 Å². The molecular weight excluding hydrogens is 278 g/mol. The molecule has 2 heterocycles. The normalized spacial score (nSPS) is 10.9. The van der Waals surface area contributed by atoms with E-state index >= 15 is 0 Å². The highest BCUT2D eigenvalue weighted by Crippen LogP contribution is 2.15. The number of fused-ring (bicyclic) bond motifs is 1. The van der Waals surface area contributed by atoms with Crippen LogP contribution in [-0.4, -0.2) is 15.9 Å². The Morgan fingerprint density at radius 2 is 1.77 bits per heavy atom. The largest absolute Gasteiger partial charge is 0.465 e. The second-order valence-corrected chi connectivity index (χ2v) is 5.29. The van der Waals surface area contributed by atoms with E-state index in [0.29, 0.717) is 12.1 Å². The molecule has 0 spiro atoms. The summed E-state index contributed by atoms with van der Waals surface area (Å²) in [6.07, 6.45) is 0. The highest BCUT2D eigenvalue weighted by molar-refractivity contribution is 5.97. The zero-order valence-electron chi connectivity index (χ0n) is 12.8. The zero-order valence-corrected chi connectivity index (χ0v) is 12.8. The first kappa shape index (κ1) is 14.3. The summed E-state index contributed by atoms with van der Waals surface area (Å²) in [6.45, 7) is 6.07. The molecule has 0 unspecified atom stereocenters. The summed E-state index contributed by atoms with van der Waals surface area (Å²) >= 11 is 0. The minimum Gasteiger partial charge on any atom is -0.465 e. The van der Waals surface area contributed by atoms with Gasteiger partial charge in [0.25, 0.3) is 5.91 Å². The number of carbonyl (C=O) groups is 1. The number of nitrogens with one attached hydrogen (secondary N) is 1. The molecule has 5 heteroatoms. The number of hydrogen-bond donors (Lipinski definition) is 1. The number of rotatable bonds is 3. The fraction of sp³-hybridized carbons (Fsp3) is 0.235. The van der Waals surface area contributed by atoms with Crippen molar-refractivity contribution in [2.45, 2.75) is 27.3 Å². The van der Waals surface area contributed by atoms with Gasteiger partial charge in [0.15, 0.2) is 0 Å². The molecule has 112 valence electrons. The van der Waals surface area contributed by atoms with Crippen LogP contribution in [0.2, 0.25) is 0 Å². The Bertz CT molecular complexity index is 852. The van der Waals surface area contributed by atoms with E-state index in [-0.39, 0.29) is 5.91 Å². The lowest BCUT2D eigenvalue weighted by Gasteiger charge is -2.06. The summed E-state index contributed by atoms with van der Waals surface area (Å²) in [6, 6.07) is 9.07. The van der Waals surface area contributed by atoms with E-state index in [1.54, 1.807) is 12.1 Å². The number of aromatic nitrogens is 2. The Balaban J connectivity index is 1.80. The zero-order chi connectivity index (χ0) is 15.7. The van der Waals surface area contributed by atoms with Gasteiger partial charge < -0.3 is 9.73 Å². The number of nitrogens with zero attached hydrogens (tertiary/aromatic N) is 2. The molecule has 0 bridgehead atoms. The lowest BCUT2D eigenvalue weighted by atomic mass is 10.1. The highest BCUT2D eigenvalue weighted by Gasteiger charge is 2.09. The van der Waals surface area contributed by atoms with Crippen LogP contribution in [0.15, 0.2) is 34.7 Å². The first-order chi connectivity index (χ1) is 10.5. The molecule has 0 saturated carbocycles. The molecule has 0 fully saturated rings. The highest BCUT2D eigenvalue weighted by atomic mass is 16.3. The van der Waals surface area contributed by atoms with Crippen LogP contribution in [0.25, 0.3) is 11.0 Å². The first-order valence-electron chi connectivity index (χ1n) is 7.11. The van der Waals surface area contributed by atoms with Crippen molar-refractivity contribution in [1.29, 1.82) is 0 Å². The summed E-state index contributed by atoms with van der Waals surface area (Å²) < 4.78 is 5.43. The van der Waals surface area contributed by atoms with Crippen molar-refractivity contribution >= 4 is 16.9 Å². The molecule has 0 aliphatic heterocycles. The number of carbonyl (C=O) groups excluding carboxylic acids is 1. The summed E-state index contributed by atoms with van der Waals surface area (Å²) in [5, 5.41) is 2.84. The number of hydrogen-bond acceptors (Lipinski definition) is 4. The lowest BCUT2D eigenvalue weighted by molar-refractivity contribution is 0.0948. The number of furan rings is 1. The molecule has 0 saturated heterocycles. The van der Waals surface area contributed by atoms with Gasteiger partial charge in [-0.2, -0.15) is 0 Å². The molecule has 22 heavy (non-hydrogen) atoms. The molecule has 3 rings (SSSR count). The van der Waals surface area contributed by atoms with E-state index < -0.39 is 0 Å². The van der Waals surface area contributed by atoms with Crippen LogP contribution in [-0.2, 0) is 6.54 Å². The minimum absolute atomic E-state index is 0.156. The molecule has 1 aromatic carbocycles. The van der Waals surface area contributed by atoms with E-state index in [0.717, 1.165) is 33.9 Å². The summed E-state index contributed by atoms with van der Waals surface area (Å²) in [4.78, 5) is 21.2. The van der Waals surface area contributed by atoms with Crippen molar-refractivity contribution in [2.24, 2.45) is 0 Å². The van der Waals surface area contributed by atoms with Crippen molar-refractivity contribution < 1.29 is 9.21 Å². The summed E-state index contributed by atoms with van der Waals surface area (Å²) in [7, 11) is 0. The predicted molar refractivity (Wildman–Crippen MR) is 83.6 cm³/mol. The maximum absolute atomic E-state index is 12.2. The Morgan fingerprint density at radius 3 is 2.45 bits per heavy atom. The topological polar surface area (TPSA) is 68.0 Å². The van der Waals surface area contributed by atoms with Gasteiger partial charge in [-0.1, -0.05) is 0 Å². The molecule has 0 aliphatic rings. The Morgan fingerprint density at radius 1 is 1.05 bits per heavy atom. The third-order valence-corrected chi connectivity index (χ3v) is 3.56. The predicted octanol–water partition coefficient (Wildman–Crippen LogP) is 3.08. The second-order valence-electron chi connectivity index (χ2n) is 5.29. The maximum atomic E-state index is 12.2. The average Bonchev–Trinajstić information content (AvgIpc) is 2.91. The van der Waals surface area contributed by atoms with Crippen molar-refractivity contribution in [3.05, 3.63) is 58.8 Å². The smallest absolute Gasteiger partial charge is 0.251 e. The van der Waals surface area contributed by atoms with Gasteiger partial charge in [0.05, 0.1) is 29.0 Å². The number of amides is 1. The Kier molecular flexibility index (Phi) is 3.63.